The third kappa shape index (κ3) is 5.12. The van der Waals surface area contributed by atoms with Crippen LogP contribution in [0.25, 0.3) is 0 Å². The van der Waals surface area contributed by atoms with Crippen molar-refractivity contribution in [2.75, 3.05) is 41.8 Å². The van der Waals surface area contributed by atoms with E-state index in [4.69, 9.17) is 4.74 Å². The fourth-order valence-corrected chi connectivity index (χ4v) is 2.98. The average molecular weight is 432 g/mol. The first-order valence-electron chi connectivity index (χ1n) is 9.46. The van der Waals surface area contributed by atoms with Crippen molar-refractivity contribution >= 4 is 29.2 Å². The molecule has 3 N–H and O–H groups in total. The molecule has 0 saturated carbocycles. The molecular weight excluding hydrogens is 413 g/mol. The van der Waals surface area contributed by atoms with Gasteiger partial charge in [-0.05, 0) is 30.3 Å². The molecule has 2 aromatic carbocycles. The third-order valence-electron chi connectivity index (χ3n) is 4.51. The lowest BCUT2D eigenvalue weighted by Gasteiger charge is -2.27. The summed E-state index contributed by atoms with van der Waals surface area (Å²) in [5, 5.41) is 15.8. The van der Waals surface area contributed by atoms with Crippen molar-refractivity contribution in [3.8, 4) is 5.75 Å². The van der Waals surface area contributed by atoms with Crippen LogP contribution in [0.4, 0.5) is 42.4 Å². The minimum atomic E-state index is -4.46. The van der Waals surface area contributed by atoms with E-state index in [9.17, 15) is 18.3 Å². The number of phenolic OH excluding ortho intramolecular Hbond substituents is 1. The largest absolute Gasteiger partial charge is 0.506 e. The molecule has 0 amide bonds. The van der Waals surface area contributed by atoms with Gasteiger partial charge in [-0.25, -0.2) is 0 Å². The number of benzene rings is 2. The number of nitrogens with zero attached hydrogens (tertiary/aromatic N) is 4. The fourth-order valence-electron chi connectivity index (χ4n) is 2.98. The SMILES string of the molecule is Oc1ccccc1Nc1nc(Nc2cccc(C(F)(F)F)c2)nc(N2CCOCC2)n1. The highest BCUT2D eigenvalue weighted by Crippen LogP contribution is 2.31. The van der Waals surface area contributed by atoms with E-state index in [0.29, 0.717) is 37.9 Å². The summed E-state index contributed by atoms with van der Waals surface area (Å²) in [6.45, 7) is 2.13. The van der Waals surface area contributed by atoms with Crippen LogP contribution in [0.3, 0.4) is 0 Å². The zero-order valence-electron chi connectivity index (χ0n) is 16.2. The summed E-state index contributed by atoms with van der Waals surface area (Å²) in [6.07, 6.45) is -4.46. The van der Waals surface area contributed by atoms with Gasteiger partial charge in [0.2, 0.25) is 17.8 Å². The molecule has 1 fully saturated rings. The van der Waals surface area contributed by atoms with Crippen molar-refractivity contribution in [2.45, 2.75) is 6.18 Å². The Labute approximate surface area is 175 Å². The lowest BCUT2D eigenvalue weighted by atomic mass is 10.2. The second-order valence-electron chi connectivity index (χ2n) is 6.73. The van der Waals surface area contributed by atoms with E-state index in [0.717, 1.165) is 12.1 Å². The molecule has 0 bridgehead atoms. The Bertz CT molecular complexity index is 1060. The summed E-state index contributed by atoms with van der Waals surface area (Å²) in [4.78, 5) is 14.9. The second kappa shape index (κ2) is 8.64. The molecule has 31 heavy (non-hydrogen) atoms. The molecule has 2 heterocycles. The van der Waals surface area contributed by atoms with Gasteiger partial charge in [-0.2, -0.15) is 28.1 Å². The number of hydrogen-bond acceptors (Lipinski definition) is 8. The van der Waals surface area contributed by atoms with Gasteiger partial charge in [0.05, 0.1) is 24.5 Å². The quantitative estimate of drug-likeness (QED) is 0.523. The molecule has 0 aliphatic carbocycles. The molecule has 1 aromatic heterocycles. The molecule has 4 rings (SSSR count). The number of rotatable bonds is 5. The van der Waals surface area contributed by atoms with Crippen LogP contribution in [0.1, 0.15) is 5.56 Å². The predicted octanol–water partition coefficient (Wildman–Crippen LogP) is 3.92. The molecule has 1 aliphatic rings. The Kier molecular flexibility index (Phi) is 5.76. The second-order valence-corrected chi connectivity index (χ2v) is 6.73. The van der Waals surface area contributed by atoms with Crippen LogP contribution in [-0.2, 0) is 10.9 Å². The number of morpholine rings is 1. The fraction of sp³-hybridized carbons (Fsp3) is 0.250. The molecule has 1 saturated heterocycles. The van der Waals surface area contributed by atoms with E-state index in [-0.39, 0.29) is 23.3 Å². The summed E-state index contributed by atoms with van der Waals surface area (Å²) in [6, 6.07) is 11.3. The highest BCUT2D eigenvalue weighted by molar-refractivity contribution is 5.64. The maximum atomic E-state index is 13.0. The molecule has 3 aromatic rings. The van der Waals surface area contributed by atoms with Crippen molar-refractivity contribution < 1.29 is 23.0 Å². The number of aromatic hydroxyl groups is 1. The molecular formula is C20H19F3N6O2. The van der Waals surface area contributed by atoms with Gasteiger partial charge in [0, 0.05) is 18.8 Å². The number of hydrogen-bond donors (Lipinski definition) is 3. The molecule has 162 valence electrons. The van der Waals surface area contributed by atoms with Gasteiger partial charge in [-0.1, -0.05) is 18.2 Å². The number of halogens is 3. The molecule has 0 radical (unpaired) electrons. The van der Waals surface area contributed by atoms with Crippen LogP contribution in [0.2, 0.25) is 0 Å². The average Bonchev–Trinajstić information content (AvgIpc) is 2.75. The minimum absolute atomic E-state index is 0.00298. The maximum Gasteiger partial charge on any atom is 0.416 e. The predicted molar refractivity (Wildman–Crippen MR) is 109 cm³/mol. The van der Waals surface area contributed by atoms with E-state index in [1.165, 1.54) is 18.2 Å². The van der Waals surface area contributed by atoms with Gasteiger partial charge in [-0.15, -0.1) is 0 Å². The lowest BCUT2D eigenvalue weighted by Crippen LogP contribution is -2.37. The minimum Gasteiger partial charge on any atom is -0.506 e. The summed E-state index contributed by atoms with van der Waals surface area (Å²) < 4.78 is 44.5. The number of alkyl halides is 3. The first kappa shape index (κ1) is 20.7. The number of anilines is 5. The molecule has 8 nitrogen and oxygen atoms in total. The van der Waals surface area contributed by atoms with Crippen molar-refractivity contribution in [1.29, 1.82) is 0 Å². The van der Waals surface area contributed by atoms with Crippen molar-refractivity contribution in [1.82, 2.24) is 15.0 Å². The van der Waals surface area contributed by atoms with Gasteiger partial charge in [-0.3, -0.25) is 0 Å². The molecule has 0 unspecified atom stereocenters. The monoisotopic (exact) mass is 432 g/mol. The van der Waals surface area contributed by atoms with Crippen molar-refractivity contribution in [3.05, 3.63) is 54.1 Å². The zero-order chi connectivity index (χ0) is 21.8. The highest BCUT2D eigenvalue weighted by atomic mass is 19.4. The third-order valence-corrected chi connectivity index (χ3v) is 4.51. The Hall–Kier alpha value is -3.60. The summed E-state index contributed by atoms with van der Waals surface area (Å²) >= 11 is 0. The van der Waals surface area contributed by atoms with E-state index < -0.39 is 11.7 Å². The first-order valence-corrected chi connectivity index (χ1v) is 9.46. The molecule has 11 heteroatoms. The zero-order valence-corrected chi connectivity index (χ0v) is 16.2. The van der Waals surface area contributed by atoms with E-state index >= 15 is 0 Å². The van der Waals surface area contributed by atoms with Gasteiger partial charge >= 0.3 is 6.18 Å². The van der Waals surface area contributed by atoms with Crippen LogP contribution in [-0.4, -0.2) is 46.4 Å². The molecule has 1 aliphatic heterocycles. The van der Waals surface area contributed by atoms with Gasteiger partial charge < -0.3 is 25.4 Å². The smallest absolute Gasteiger partial charge is 0.416 e. The standard InChI is InChI=1S/C20H19F3N6O2/c21-20(22,23)13-4-3-5-14(12-13)24-17-26-18(25-15-6-1-2-7-16(15)30)28-19(27-17)29-8-10-31-11-9-29/h1-7,12,30H,8-11H2,(H2,24,25,26,27,28). The Morgan fingerprint density at radius 1 is 0.903 bits per heavy atom. The van der Waals surface area contributed by atoms with Gasteiger partial charge in [0.15, 0.2) is 0 Å². The first-order chi connectivity index (χ1) is 14.9. The van der Waals surface area contributed by atoms with E-state index in [1.807, 2.05) is 4.90 Å². The summed E-state index contributed by atoms with van der Waals surface area (Å²) in [5.41, 5.74) is -0.221. The van der Waals surface area contributed by atoms with E-state index in [2.05, 4.69) is 25.6 Å². The molecule has 0 atom stereocenters. The Balaban J connectivity index is 1.67. The van der Waals surface area contributed by atoms with Crippen LogP contribution in [0, 0.1) is 0 Å². The van der Waals surface area contributed by atoms with E-state index in [1.54, 1.807) is 18.2 Å². The maximum absolute atomic E-state index is 13.0. The number of ether oxygens (including phenoxy) is 1. The van der Waals surface area contributed by atoms with Gasteiger partial charge in [0.1, 0.15) is 5.75 Å². The summed E-state index contributed by atoms with van der Waals surface area (Å²) in [5.74, 6) is 0.537. The van der Waals surface area contributed by atoms with Crippen molar-refractivity contribution in [3.63, 3.8) is 0 Å². The number of para-hydroxylation sites is 2. The van der Waals surface area contributed by atoms with Crippen LogP contribution < -0.4 is 15.5 Å². The number of phenols is 1. The number of nitrogens with one attached hydrogen (secondary N) is 2. The number of aromatic nitrogens is 3. The van der Waals surface area contributed by atoms with Crippen LogP contribution >= 0.6 is 0 Å². The Morgan fingerprint density at radius 3 is 2.32 bits per heavy atom. The van der Waals surface area contributed by atoms with Gasteiger partial charge in [0.25, 0.3) is 0 Å². The molecule has 0 spiro atoms. The normalized spacial score (nSPS) is 14.4. The Morgan fingerprint density at radius 2 is 1.61 bits per heavy atom. The van der Waals surface area contributed by atoms with Crippen LogP contribution in [0.15, 0.2) is 48.5 Å². The topological polar surface area (TPSA) is 95.4 Å². The van der Waals surface area contributed by atoms with Crippen LogP contribution in [0.5, 0.6) is 5.75 Å². The highest BCUT2D eigenvalue weighted by Gasteiger charge is 2.30. The summed E-state index contributed by atoms with van der Waals surface area (Å²) in [7, 11) is 0. The lowest BCUT2D eigenvalue weighted by molar-refractivity contribution is -0.137. The van der Waals surface area contributed by atoms with Crippen molar-refractivity contribution in [2.24, 2.45) is 0 Å².